The Morgan fingerprint density at radius 2 is 1.56 bits per heavy atom. The molecule has 2 rings (SSSR count). The third kappa shape index (κ3) is 3.13. The first-order chi connectivity index (χ1) is 8.35. The molecular weight excluding hydrogens is 243 g/mol. The van der Waals surface area contributed by atoms with Gasteiger partial charge in [-0.05, 0) is 48.0 Å². The van der Waals surface area contributed by atoms with Crippen molar-refractivity contribution in [1.82, 2.24) is 0 Å². The number of hydrogen-bond acceptors (Lipinski definition) is 3. The quantitative estimate of drug-likeness (QED) is 0.826. The number of hydrogen-bond donors (Lipinski definition) is 2. The van der Waals surface area contributed by atoms with Gasteiger partial charge in [-0.15, -0.1) is 0 Å². The standard InChI is InChI=1S/C13H17BO3Si/c1-18(2,3)17-13-7-5-10-8-12(14(15)16)6-4-11(10)9-13/h4-9,15-16H,1-3H3. The molecule has 0 aromatic heterocycles. The van der Waals surface area contributed by atoms with E-state index in [1.165, 1.54) is 0 Å². The van der Waals surface area contributed by atoms with Gasteiger partial charge >= 0.3 is 7.12 Å². The van der Waals surface area contributed by atoms with E-state index in [9.17, 15) is 0 Å². The van der Waals surface area contributed by atoms with Crippen LogP contribution < -0.4 is 9.89 Å². The molecule has 0 heterocycles. The lowest BCUT2D eigenvalue weighted by molar-refractivity contribution is 0.426. The normalized spacial score (nSPS) is 11.6. The minimum atomic E-state index is -1.59. The summed E-state index contributed by atoms with van der Waals surface area (Å²) in [5.41, 5.74) is 0.501. The Hall–Kier alpha value is -1.30. The smallest absolute Gasteiger partial charge is 0.488 e. The van der Waals surface area contributed by atoms with Gasteiger partial charge < -0.3 is 14.5 Å². The van der Waals surface area contributed by atoms with Crippen LogP contribution in [0, 0.1) is 0 Å². The van der Waals surface area contributed by atoms with Crippen LogP contribution in [-0.2, 0) is 0 Å². The van der Waals surface area contributed by atoms with Crippen LogP contribution in [0.5, 0.6) is 5.75 Å². The van der Waals surface area contributed by atoms with E-state index < -0.39 is 15.4 Å². The van der Waals surface area contributed by atoms with Crippen molar-refractivity contribution >= 4 is 31.7 Å². The van der Waals surface area contributed by atoms with Gasteiger partial charge in [0.1, 0.15) is 5.75 Å². The summed E-state index contributed by atoms with van der Waals surface area (Å²) in [5.74, 6) is 0.874. The van der Waals surface area contributed by atoms with Gasteiger partial charge in [0, 0.05) is 0 Å². The van der Waals surface area contributed by atoms with Gasteiger partial charge in [0.05, 0.1) is 0 Å². The van der Waals surface area contributed by atoms with Crippen molar-refractivity contribution < 1.29 is 14.5 Å². The van der Waals surface area contributed by atoms with Crippen LogP contribution in [0.2, 0.25) is 19.6 Å². The van der Waals surface area contributed by atoms with Crippen LogP contribution >= 0.6 is 0 Å². The molecule has 0 spiro atoms. The summed E-state index contributed by atoms with van der Waals surface area (Å²) in [6, 6.07) is 11.2. The number of fused-ring (bicyclic) bond motifs is 1. The number of rotatable bonds is 3. The van der Waals surface area contributed by atoms with Crippen molar-refractivity contribution in [1.29, 1.82) is 0 Å². The molecule has 18 heavy (non-hydrogen) atoms. The molecule has 0 atom stereocenters. The molecule has 3 nitrogen and oxygen atoms in total. The highest BCUT2D eigenvalue weighted by Gasteiger charge is 2.16. The summed E-state index contributed by atoms with van der Waals surface area (Å²) < 4.78 is 5.93. The topological polar surface area (TPSA) is 49.7 Å². The molecule has 0 radical (unpaired) electrons. The first-order valence-electron chi connectivity index (χ1n) is 5.94. The second-order valence-corrected chi connectivity index (χ2v) is 9.79. The van der Waals surface area contributed by atoms with Crippen molar-refractivity contribution in [2.24, 2.45) is 0 Å². The van der Waals surface area contributed by atoms with E-state index >= 15 is 0 Å². The second-order valence-electron chi connectivity index (χ2n) is 5.36. The highest BCUT2D eigenvalue weighted by atomic mass is 28.4. The third-order valence-electron chi connectivity index (χ3n) is 2.56. The minimum Gasteiger partial charge on any atom is -0.544 e. The van der Waals surface area contributed by atoms with Crippen LogP contribution in [0.15, 0.2) is 36.4 Å². The first kappa shape index (κ1) is 13.1. The van der Waals surface area contributed by atoms with E-state index in [-0.39, 0.29) is 0 Å². The monoisotopic (exact) mass is 260 g/mol. The molecule has 0 aliphatic carbocycles. The summed E-state index contributed by atoms with van der Waals surface area (Å²) in [6.07, 6.45) is 0. The Morgan fingerprint density at radius 3 is 2.17 bits per heavy atom. The summed E-state index contributed by atoms with van der Waals surface area (Å²) in [7, 11) is -3.02. The molecule has 2 aromatic carbocycles. The third-order valence-corrected chi connectivity index (χ3v) is 3.41. The fourth-order valence-electron chi connectivity index (χ4n) is 1.82. The van der Waals surface area contributed by atoms with Gasteiger partial charge in [-0.25, -0.2) is 0 Å². The molecule has 0 bridgehead atoms. The number of benzene rings is 2. The van der Waals surface area contributed by atoms with Gasteiger partial charge in [-0.1, -0.05) is 24.3 Å². The largest absolute Gasteiger partial charge is 0.544 e. The SMILES string of the molecule is C[Si](C)(C)Oc1ccc2cc(B(O)O)ccc2c1. The van der Waals surface area contributed by atoms with E-state index in [0.29, 0.717) is 5.46 Å². The Labute approximate surface area is 108 Å². The van der Waals surface area contributed by atoms with Crippen molar-refractivity contribution in [3.8, 4) is 5.75 Å². The molecule has 2 N–H and O–H groups in total. The van der Waals surface area contributed by atoms with E-state index in [4.69, 9.17) is 14.5 Å². The van der Waals surface area contributed by atoms with Gasteiger partial charge in [0.25, 0.3) is 0 Å². The van der Waals surface area contributed by atoms with Crippen LogP contribution in [0.1, 0.15) is 0 Å². The van der Waals surface area contributed by atoms with Gasteiger partial charge in [-0.3, -0.25) is 0 Å². The van der Waals surface area contributed by atoms with Crippen molar-refractivity contribution in [3.63, 3.8) is 0 Å². The molecular formula is C13H17BO3Si. The lowest BCUT2D eigenvalue weighted by atomic mass is 9.79. The molecule has 94 valence electrons. The minimum absolute atomic E-state index is 0.501. The van der Waals surface area contributed by atoms with Gasteiger partial charge in [0.2, 0.25) is 8.32 Å². The fourth-order valence-corrected chi connectivity index (χ4v) is 2.65. The summed E-state index contributed by atoms with van der Waals surface area (Å²) in [5, 5.41) is 20.3. The van der Waals surface area contributed by atoms with Crippen LogP contribution in [-0.4, -0.2) is 25.5 Å². The van der Waals surface area contributed by atoms with Gasteiger partial charge in [0.15, 0.2) is 0 Å². The Morgan fingerprint density at radius 1 is 0.944 bits per heavy atom. The van der Waals surface area contributed by atoms with Gasteiger partial charge in [-0.2, -0.15) is 0 Å². The molecule has 0 saturated heterocycles. The zero-order valence-electron chi connectivity index (χ0n) is 10.8. The van der Waals surface area contributed by atoms with E-state index in [1.807, 2.05) is 24.3 Å². The highest BCUT2D eigenvalue weighted by molar-refractivity contribution is 6.70. The maximum absolute atomic E-state index is 9.13. The lowest BCUT2D eigenvalue weighted by Crippen LogP contribution is -2.29. The Balaban J connectivity index is 2.38. The molecule has 0 unspecified atom stereocenters. The predicted molar refractivity (Wildman–Crippen MR) is 77.7 cm³/mol. The summed E-state index contributed by atoms with van der Waals surface area (Å²) in [6.45, 7) is 6.42. The predicted octanol–water partition coefficient (Wildman–Crippen LogP) is 1.73. The van der Waals surface area contributed by atoms with Crippen molar-refractivity contribution in [2.75, 3.05) is 0 Å². The van der Waals surface area contributed by atoms with E-state index in [2.05, 4.69) is 19.6 Å². The molecule has 0 amide bonds. The molecule has 0 aliphatic rings. The Bertz CT molecular complexity index is 564. The molecule has 0 aliphatic heterocycles. The summed E-state index contributed by atoms with van der Waals surface area (Å²) >= 11 is 0. The zero-order chi connectivity index (χ0) is 13.3. The Kier molecular flexibility index (Phi) is 3.48. The van der Waals surface area contributed by atoms with Crippen LogP contribution in [0.3, 0.4) is 0 Å². The maximum Gasteiger partial charge on any atom is 0.488 e. The van der Waals surface area contributed by atoms with Crippen LogP contribution in [0.4, 0.5) is 0 Å². The first-order valence-corrected chi connectivity index (χ1v) is 9.35. The highest BCUT2D eigenvalue weighted by Crippen LogP contribution is 2.22. The molecule has 0 saturated carbocycles. The average molecular weight is 260 g/mol. The van der Waals surface area contributed by atoms with Crippen molar-refractivity contribution in [2.45, 2.75) is 19.6 Å². The fraction of sp³-hybridized carbons (Fsp3) is 0.231. The zero-order valence-corrected chi connectivity index (χ0v) is 11.8. The molecule has 0 fully saturated rings. The maximum atomic E-state index is 9.13. The van der Waals surface area contributed by atoms with Crippen molar-refractivity contribution in [3.05, 3.63) is 36.4 Å². The summed E-state index contributed by atoms with van der Waals surface area (Å²) in [4.78, 5) is 0. The molecule has 5 heteroatoms. The lowest BCUT2D eigenvalue weighted by Gasteiger charge is -2.19. The molecule has 2 aromatic rings. The second kappa shape index (κ2) is 4.76. The average Bonchev–Trinajstić information content (AvgIpc) is 2.26. The van der Waals surface area contributed by atoms with E-state index in [0.717, 1.165) is 16.5 Å². The van der Waals surface area contributed by atoms with E-state index in [1.54, 1.807) is 12.1 Å². The van der Waals surface area contributed by atoms with Crippen LogP contribution in [0.25, 0.3) is 10.8 Å².